The largest absolute Gasteiger partial charge is 0.312 e. The number of aromatic nitrogens is 1. The van der Waals surface area contributed by atoms with E-state index in [0.717, 1.165) is 21.7 Å². The van der Waals surface area contributed by atoms with Crippen molar-refractivity contribution in [3.05, 3.63) is 127 Å². The number of pyridine rings is 1. The van der Waals surface area contributed by atoms with Gasteiger partial charge in [-0.25, -0.2) is 0 Å². The Morgan fingerprint density at radius 1 is 0.724 bits per heavy atom. The molecule has 0 saturated heterocycles. The summed E-state index contributed by atoms with van der Waals surface area (Å²) in [5.41, 5.74) is 2.06. The Labute approximate surface area is 171 Å². The highest BCUT2D eigenvalue weighted by Crippen LogP contribution is 2.55. The smallest absolute Gasteiger partial charge is 0.163 e. The summed E-state index contributed by atoms with van der Waals surface area (Å²) in [6, 6.07) is 33.6. The van der Waals surface area contributed by atoms with Crippen molar-refractivity contribution >= 4 is 17.8 Å². The zero-order valence-corrected chi connectivity index (χ0v) is 17.0. The summed E-state index contributed by atoms with van der Waals surface area (Å²) in [6.07, 6.45) is 3.55. The first-order valence-corrected chi connectivity index (χ1v) is 11.4. The fourth-order valence-corrected chi connectivity index (χ4v) is 6.60. The standard InChI is InChI=1S/C25H23N2OP/c28-29(23-14-6-2-7-15-23,24-16-8-3-9-17-24)25(22-13-10-18-26-20-22)27-19-21-11-4-1-5-12-21/h1-18,20,25,27H,19H2. The third-order valence-corrected chi connectivity index (χ3v) is 8.32. The second-order valence-electron chi connectivity index (χ2n) is 6.88. The number of hydrogen-bond acceptors (Lipinski definition) is 3. The maximum atomic E-state index is 14.8. The minimum absolute atomic E-state index is 0.388. The molecule has 0 aliphatic heterocycles. The highest BCUT2D eigenvalue weighted by molar-refractivity contribution is 7.79. The molecule has 0 radical (unpaired) electrons. The van der Waals surface area contributed by atoms with Crippen LogP contribution in [-0.2, 0) is 11.1 Å². The van der Waals surface area contributed by atoms with Crippen LogP contribution in [-0.4, -0.2) is 4.98 Å². The van der Waals surface area contributed by atoms with E-state index in [1.807, 2.05) is 91.0 Å². The predicted octanol–water partition coefficient (Wildman–Crippen LogP) is 4.88. The van der Waals surface area contributed by atoms with Gasteiger partial charge in [0, 0.05) is 29.5 Å². The van der Waals surface area contributed by atoms with Gasteiger partial charge in [-0.1, -0.05) is 97.1 Å². The Morgan fingerprint density at radius 3 is 1.79 bits per heavy atom. The molecule has 3 nitrogen and oxygen atoms in total. The third-order valence-electron chi connectivity index (χ3n) is 4.99. The average molecular weight is 398 g/mol. The minimum Gasteiger partial charge on any atom is -0.312 e. The Morgan fingerprint density at radius 2 is 1.28 bits per heavy atom. The molecule has 4 heteroatoms. The van der Waals surface area contributed by atoms with Gasteiger partial charge in [-0.3, -0.25) is 10.3 Å². The molecule has 1 aromatic heterocycles. The normalized spacial score (nSPS) is 12.4. The molecule has 0 fully saturated rings. The Balaban J connectivity index is 1.83. The average Bonchev–Trinajstić information content (AvgIpc) is 2.81. The minimum atomic E-state index is -3.04. The first kappa shape index (κ1) is 19.3. The van der Waals surface area contributed by atoms with Gasteiger partial charge < -0.3 is 4.57 Å². The molecule has 1 heterocycles. The van der Waals surface area contributed by atoms with Gasteiger partial charge in [0.05, 0.1) is 5.78 Å². The van der Waals surface area contributed by atoms with Crippen LogP contribution >= 0.6 is 7.14 Å². The summed E-state index contributed by atoms with van der Waals surface area (Å²) in [5.74, 6) is -0.388. The number of hydrogen-bond donors (Lipinski definition) is 1. The molecule has 4 aromatic rings. The van der Waals surface area contributed by atoms with Gasteiger partial charge in [0.2, 0.25) is 0 Å². The number of nitrogens with zero attached hydrogens (tertiary/aromatic N) is 1. The summed E-state index contributed by atoms with van der Waals surface area (Å²) in [5, 5.41) is 5.25. The molecule has 144 valence electrons. The molecule has 0 saturated carbocycles. The Kier molecular flexibility index (Phi) is 6.00. The fourth-order valence-electron chi connectivity index (χ4n) is 3.55. The van der Waals surface area contributed by atoms with Crippen molar-refractivity contribution in [1.82, 2.24) is 10.3 Å². The number of rotatable bonds is 7. The lowest BCUT2D eigenvalue weighted by atomic mass is 10.2. The Bertz CT molecular complexity index is 1030. The lowest BCUT2D eigenvalue weighted by molar-refractivity contribution is 0.559. The topological polar surface area (TPSA) is 42.0 Å². The van der Waals surface area contributed by atoms with Gasteiger partial charge in [-0.15, -0.1) is 0 Å². The second-order valence-corrected chi connectivity index (χ2v) is 9.75. The molecule has 4 rings (SSSR count). The van der Waals surface area contributed by atoms with Gasteiger partial charge in [-0.2, -0.15) is 0 Å². The number of benzene rings is 3. The van der Waals surface area contributed by atoms with E-state index in [-0.39, 0.29) is 5.78 Å². The van der Waals surface area contributed by atoms with Gasteiger partial charge in [0.1, 0.15) is 0 Å². The van der Waals surface area contributed by atoms with Gasteiger partial charge in [0.25, 0.3) is 0 Å². The molecule has 1 N–H and O–H groups in total. The molecular weight excluding hydrogens is 375 g/mol. The van der Waals surface area contributed by atoms with E-state index >= 15 is 0 Å². The third kappa shape index (κ3) is 4.22. The van der Waals surface area contributed by atoms with Crippen LogP contribution in [0.2, 0.25) is 0 Å². The lowest BCUT2D eigenvalue weighted by Crippen LogP contribution is -2.30. The summed E-state index contributed by atoms with van der Waals surface area (Å²) in [6.45, 7) is 0.615. The van der Waals surface area contributed by atoms with Crippen LogP contribution in [0.4, 0.5) is 0 Å². The molecule has 0 amide bonds. The van der Waals surface area contributed by atoms with Crippen LogP contribution in [0.5, 0.6) is 0 Å². The van der Waals surface area contributed by atoms with Gasteiger partial charge in [0.15, 0.2) is 7.14 Å². The zero-order valence-electron chi connectivity index (χ0n) is 16.1. The molecule has 0 aliphatic carbocycles. The second kappa shape index (κ2) is 9.00. The molecule has 0 aliphatic rings. The van der Waals surface area contributed by atoms with Crippen LogP contribution in [0.25, 0.3) is 0 Å². The fraction of sp³-hybridized carbons (Fsp3) is 0.0800. The summed E-state index contributed by atoms with van der Waals surface area (Å²) in [4.78, 5) is 4.30. The van der Waals surface area contributed by atoms with Crippen molar-refractivity contribution in [2.45, 2.75) is 12.3 Å². The van der Waals surface area contributed by atoms with E-state index < -0.39 is 7.14 Å². The maximum Gasteiger partial charge on any atom is 0.163 e. The molecular formula is C25H23N2OP. The van der Waals surface area contributed by atoms with Crippen LogP contribution in [0.15, 0.2) is 116 Å². The first-order valence-electron chi connectivity index (χ1n) is 9.66. The molecule has 1 atom stereocenters. The molecule has 29 heavy (non-hydrogen) atoms. The van der Waals surface area contributed by atoms with Crippen LogP contribution in [0.3, 0.4) is 0 Å². The lowest BCUT2D eigenvalue weighted by Gasteiger charge is -2.30. The molecule has 1 unspecified atom stereocenters. The van der Waals surface area contributed by atoms with E-state index in [2.05, 4.69) is 22.4 Å². The summed E-state index contributed by atoms with van der Waals surface area (Å²) in [7, 11) is -3.04. The van der Waals surface area contributed by atoms with Crippen molar-refractivity contribution in [3.63, 3.8) is 0 Å². The molecule has 0 bridgehead atoms. The van der Waals surface area contributed by atoms with Crippen LogP contribution in [0, 0.1) is 0 Å². The number of nitrogens with one attached hydrogen (secondary N) is 1. The van der Waals surface area contributed by atoms with E-state index in [9.17, 15) is 4.57 Å². The molecule has 3 aromatic carbocycles. The van der Waals surface area contributed by atoms with Crippen molar-refractivity contribution in [3.8, 4) is 0 Å². The SMILES string of the molecule is O=P(c1ccccc1)(c1ccccc1)C(NCc1ccccc1)c1cccnc1. The van der Waals surface area contributed by atoms with E-state index in [1.165, 1.54) is 0 Å². The van der Waals surface area contributed by atoms with Crippen molar-refractivity contribution in [2.24, 2.45) is 0 Å². The maximum absolute atomic E-state index is 14.8. The van der Waals surface area contributed by atoms with Crippen LogP contribution in [0.1, 0.15) is 16.9 Å². The summed E-state index contributed by atoms with van der Waals surface area (Å²) < 4.78 is 14.8. The highest BCUT2D eigenvalue weighted by atomic mass is 31.2. The van der Waals surface area contributed by atoms with Crippen molar-refractivity contribution in [2.75, 3.05) is 0 Å². The van der Waals surface area contributed by atoms with E-state index in [0.29, 0.717) is 6.54 Å². The van der Waals surface area contributed by atoms with Crippen molar-refractivity contribution < 1.29 is 4.57 Å². The quantitative estimate of drug-likeness (QED) is 0.451. The zero-order chi connectivity index (χ0) is 19.9. The molecule has 0 spiro atoms. The van der Waals surface area contributed by atoms with E-state index in [4.69, 9.17) is 0 Å². The highest BCUT2D eigenvalue weighted by Gasteiger charge is 2.37. The predicted molar refractivity (Wildman–Crippen MR) is 120 cm³/mol. The summed E-state index contributed by atoms with van der Waals surface area (Å²) >= 11 is 0. The monoisotopic (exact) mass is 398 g/mol. The van der Waals surface area contributed by atoms with Gasteiger partial charge in [-0.05, 0) is 17.2 Å². The first-order chi connectivity index (χ1) is 14.3. The van der Waals surface area contributed by atoms with Gasteiger partial charge >= 0.3 is 0 Å². The van der Waals surface area contributed by atoms with Crippen LogP contribution < -0.4 is 15.9 Å². The Hall–Kier alpha value is -3.00. The van der Waals surface area contributed by atoms with Crippen molar-refractivity contribution in [1.29, 1.82) is 0 Å². The van der Waals surface area contributed by atoms with E-state index in [1.54, 1.807) is 12.4 Å².